The van der Waals surface area contributed by atoms with Gasteiger partial charge >= 0.3 is 5.97 Å². The van der Waals surface area contributed by atoms with Crippen molar-refractivity contribution in [1.29, 1.82) is 0 Å². The van der Waals surface area contributed by atoms with Gasteiger partial charge in [-0.05, 0) is 45.4 Å². The Morgan fingerprint density at radius 3 is 2.11 bits per heavy atom. The maximum atomic E-state index is 13.6. The Bertz CT molecular complexity index is 1660. The summed E-state index contributed by atoms with van der Waals surface area (Å²) in [5.41, 5.74) is 6.96. The largest absolute Gasteiger partial charge is 0.440 e. The van der Waals surface area contributed by atoms with Crippen molar-refractivity contribution >= 4 is 27.8 Å². The van der Waals surface area contributed by atoms with Gasteiger partial charge in [0.25, 0.3) is 0 Å². The van der Waals surface area contributed by atoms with Crippen molar-refractivity contribution in [2.24, 2.45) is 0 Å². The van der Waals surface area contributed by atoms with Crippen LogP contribution < -0.4 is 0 Å². The first kappa shape index (κ1) is 23.5. The predicted octanol–water partition coefficient (Wildman–Crippen LogP) is 7.28. The molecule has 1 unspecified atom stereocenters. The molecule has 3 aromatic heterocycles. The highest BCUT2D eigenvalue weighted by Gasteiger charge is 2.53. The number of carbonyl (C=O) groups is 1. The van der Waals surface area contributed by atoms with Gasteiger partial charge in [-0.15, -0.1) is 0 Å². The number of carbonyl (C=O) groups excluding carboxylic acids is 1. The third kappa shape index (κ3) is 3.23. The van der Waals surface area contributed by atoms with Gasteiger partial charge in [-0.2, -0.15) is 0 Å². The molecule has 0 aliphatic carbocycles. The van der Waals surface area contributed by atoms with Crippen LogP contribution in [0.2, 0.25) is 0 Å². The lowest BCUT2D eigenvalue weighted by Gasteiger charge is -2.31. The number of para-hydroxylation sites is 2. The van der Waals surface area contributed by atoms with Gasteiger partial charge in [-0.25, -0.2) is 4.79 Å². The zero-order valence-corrected chi connectivity index (χ0v) is 22.0. The van der Waals surface area contributed by atoms with Gasteiger partial charge in [-0.1, -0.05) is 56.2 Å². The SMILES string of the molecule is CCCCCn1c(C)c(C2(c3c(C)n(CC)c4ccccc34)OC(=O)c3ccncc32)c2ccccc21. The molecule has 1 aliphatic rings. The highest BCUT2D eigenvalue weighted by molar-refractivity contribution is 6.01. The smallest absolute Gasteiger partial charge is 0.340 e. The fourth-order valence-corrected chi connectivity index (χ4v) is 6.56. The second kappa shape index (κ2) is 8.91. The van der Waals surface area contributed by atoms with Crippen LogP contribution >= 0.6 is 0 Å². The van der Waals surface area contributed by atoms with Gasteiger partial charge in [0.1, 0.15) is 0 Å². The predicted molar refractivity (Wildman–Crippen MR) is 148 cm³/mol. The monoisotopic (exact) mass is 491 g/mol. The third-order valence-electron chi connectivity index (χ3n) is 8.13. The second-order valence-electron chi connectivity index (χ2n) is 10.1. The number of esters is 1. The minimum atomic E-state index is -1.09. The van der Waals surface area contributed by atoms with E-state index in [9.17, 15) is 4.79 Å². The summed E-state index contributed by atoms with van der Waals surface area (Å²) in [6.07, 6.45) is 6.97. The lowest BCUT2D eigenvalue weighted by atomic mass is 9.78. The minimum Gasteiger partial charge on any atom is -0.440 e. The topological polar surface area (TPSA) is 49.0 Å². The van der Waals surface area contributed by atoms with Crippen LogP contribution in [0.4, 0.5) is 0 Å². The zero-order valence-electron chi connectivity index (χ0n) is 22.0. The molecule has 1 aliphatic heterocycles. The van der Waals surface area contributed by atoms with Crippen LogP contribution in [-0.4, -0.2) is 20.1 Å². The van der Waals surface area contributed by atoms with Gasteiger partial charge in [0.05, 0.1) is 5.56 Å². The van der Waals surface area contributed by atoms with Crippen molar-refractivity contribution in [2.75, 3.05) is 0 Å². The van der Waals surface area contributed by atoms with E-state index in [1.807, 2.05) is 6.20 Å². The molecule has 0 radical (unpaired) electrons. The maximum Gasteiger partial charge on any atom is 0.340 e. The van der Waals surface area contributed by atoms with E-state index in [2.05, 4.69) is 90.3 Å². The number of aryl methyl sites for hydroxylation is 2. The summed E-state index contributed by atoms with van der Waals surface area (Å²) in [6, 6.07) is 18.8. The Morgan fingerprint density at radius 2 is 1.46 bits per heavy atom. The van der Waals surface area contributed by atoms with Gasteiger partial charge in [-0.3, -0.25) is 4.98 Å². The molecule has 4 heterocycles. The number of cyclic esters (lactones) is 1. The summed E-state index contributed by atoms with van der Waals surface area (Å²) >= 11 is 0. The molecule has 37 heavy (non-hydrogen) atoms. The second-order valence-corrected chi connectivity index (χ2v) is 10.1. The van der Waals surface area contributed by atoms with Crippen molar-refractivity contribution in [1.82, 2.24) is 14.1 Å². The molecule has 0 fully saturated rings. The van der Waals surface area contributed by atoms with Gasteiger partial charge in [0, 0.05) is 75.4 Å². The number of unbranched alkanes of at least 4 members (excludes halogenated alkanes) is 2. The van der Waals surface area contributed by atoms with Crippen LogP contribution in [0.3, 0.4) is 0 Å². The highest BCUT2D eigenvalue weighted by Crippen LogP contribution is 2.53. The number of aromatic nitrogens is 3. The van der Waals surface area contributed by atoms with Crippen LogP contribution in [0.5, 0.6) is 0 Å². The van der Waals surface area contributed by atoms with Crippen molar-refractivity contribution in [3.05, 3.63) is 101 Å². The number of pyridine rings is 1. The number of hydrogen-bond donors (Lipinski definition) is 0. The van der Waals surface area contributed by atoms with E-state index in [0.717, 1.165) is 63.9 Å². The van der Waals surface area contributed by atoms with Crippen molar-refractivity contribution in [2.45, 2.75) is 65.6 Å². The Labute approximate surface area is 217 Å². The molecule has 0 bridgehead atoms. The summed E-state index contributed by atoms with van der Waals surface area (Å²) in [7, 11) is 0. The minimum absolute atomic E-state index is 0.299. The number of fused-ring (bicyclic) bond motifs is 3. The standard InChI is InChI=1S/C32H33N3O2/c1-5-7-12-19-35-22(4)30(25-14-9-11-16-28(25)35)32(26-20-33-18-17-23(26)31(36)37-32)29-21(3)34(6-2)27-15-10-8-13-24(27)29/h8-11,13-18,20H,5-7,12,19H2,1-4H3. The first-order valence-corrected chi connectivity index (χ1v) is 13.4. The van der Waals surface area contributed by atoms with E-state index in [1.165, 1.54) is 18.4 Å². The molecular weight excluding hydrogens is 458 g/mol. The molecule has 5 aromatic rings. The summed E-state index contributed by atoms with van der Waals surface area (Å²) < 4.78 is 11.4. The van der Waals surface area contributed by atoms with Crippen LogP contribution in [0.15, 0.2) is 67.0 Å². The Morgan fingerprint density at radius 1 is 0.838 bits per heavy atom. The van der Waals surface area contributed by atoms with E-state index in [-0.39, 0.29) is 5.97 Å². The molecule has 5 heteroatoms. The first-order chi connectivity index (χ1) is 18.0. The fraction of sp³-hybridized carbons (Fsp3) is 0.312. The fourth-order valence-electron chi connectivity index (χ4n) is 6.56. The Hall–Kier alpha value is -3.86. The van der Waals surface area contributed by atoms with E-state index in [0.29, 0.717) is 5.56 Å². The average molecular weight is 492 g/mol. The molecule has 5 nitrogen and oxygen atoms in total. The Balaban J connectivity index is 1.77. The zero-order chi connectivity index (χ0) is 25.7. The molecule has 1 atom stereocenters. The van der Waals surface area contributed by atoms with E-state index in [1.54, 1.807) is 12.3 Å². The van der Waals surface area contributed by atoms with Crippen molar-refractivity contribution in [3.63, 3.8) is 0 Å². The molecule has 0 amide bonds. The number of rotatable bonds is 7. The lowest BCUT2D eigenvalue weighted by Crippen LogP contribution is -2.31. The van der Waals surface area contributed by atoms with E-state index < -0.39 is 5.60 Å². The summed E-state index contributed by atoms with van der Waals surface area (Å²) in [4.78, 5) is 18.1. The molecule has 0 saturated heterocycles. The molecule has 2 aromatic carbocycles. The van der Waals surface area contributed by atoms with Crippen LogP contribution in [-0.2, 0) is 23.4 Å². The molecule has 6 rings (SSSR count). The highest BCUT2D eigenvalue weighted by atomic mass is 16.6. The first-order valence-electron chi connectivity index (χ1n) is 13.4. The summed E-state index contributed by atoms with van der Waals surface area (Å²) in [5, 5.41) is 2.22. The van der Waals surface area contributed by atoms with Crippen molar-refractivity contribution in [3.8, 4) is 0 Å². The number of benzene rings is 2. The van der Waals surface area contributed by atoms with Crippen molar-refractivity contribution < 1.29 is 9.53 Å². The summed E-state index contributed by atoms with van der Waals surface area (Å²) in [6.45, 7) is 10.5. The van der Waals surface area contributed by atoms with Gasteiger partial charge in [0.15, 0.2) is 5.60 Å². The molecule has 0 saturated carbocycles. The molecule has 188 valence electrons. The normalized spacial score (nSPS) is 17.0. The quantitative estimate of drug-likeness (QED) is 0.178. The number of nitrogens with zero attached hydrogens (tertiary/aromatic N) is 3. The molecular formula is C32H33N3O2. The Kier molecular flexibility index (Phi) is 5.67. The van der Waals surface area contributed by atoms with Crippen LogP contribution in [0.25, 0.3) is 21.8 Å². The third-order valence-corrected chi connectivity index (χ3v) is 8.13. The lowest BCUT2D eigenvalue weighted by molar-refractivity contribution is 0.0255. The van der Waals surface area contributed by atoms with Crippen LogP contribution in [0, 0.1) is 13.8 Å². The molecule has 0 spiro atoms. The van der Waals surface area contributed by atoms with E-state index in [4.69, 9.17) is 4.74 Å². The molecule has 0 N–H and O–H groups in total. The summed E-state index contributed by atoms with van der Waals surface area (Å²) in [5.74, 6) is -0.299. The average Bonchev–Trinajstić information content (AvgIpc) is 3.49. The van der Waals surface area contributed by atoms with E-state index >= 15 is 0 Å². The number of hydrogen-bond acceptors (Lipinski definition) is 3. The number of ether oxygens (including phenoxy) is 1. The van der Waals surface area contributed by atoms with Gasteiger partial charge < -0.3 is 13.9 Å². The maximum absolute atomic E-state index is 13.6. The van der Waals surface area contributed by atoms with Gasteiger partial charge in [0.2, 0.25) is 0 Å². The van der Waals surface area contributed by atoms with Crippen LogP contribution in [0.1, 0.15) is 71.5 Å².